The summed E-state index contributed by atoms with van der Waals surface area (Å²) in [6.07, 6.45) is 1.03. The van der Waals surface area contributed by atoms with E-state index in [4.69, 9.17) is 14.2 Å². The van der Waals surface area contributed by atoms with Gasteiger partial charge < -0.3 is 19.1 Å². The van der Waals surface area contributed by atoms with Crippen molar-refractivity contribution in [3.05, 3.63) is 89.3 Å². The van der Waals surface area contributed by atoms with Crippen LogP contribution in [0, 0.1) is 0 Å². The maximum Gasteiger partial charge on any atom is 0.139 e. The van der Waals surface area contributed by atoms with Crippen molar-refractivity contribution in [2.45, 2.75) is 19.6 Å². The van der Waals surface area contributed by atoms with Gasteiger partial charge in [0.05, 0.1) is 6.61 Å². The fourth-order valence-corrected chi connectivity index (χ4v) is 5.21. The van der Waals surface area contributed by atoms with E-state index in [1.807, 2.05) is 42.5 Å². The number of para-hydroxylation sites is 1. The molecule has 2 heterocycles. The summed E-state index contributed by atoms with van der Waals surface area (Å²) in [6, 6.07) is 26.8. The molecule has 1 aromatic heterocycles. The molecule has 1 aliphatic rings. The van der Waals surface area contributed by atoms with Gasteiger partial charge >= 0.3 is 0 Å². The SMILES string of the molecule is CN(C)CCCOCc1cc2c(s1)-c1ccc(OCc3ccccc3)cc1Oc1ccccc1-2. The average molecular weight is 472 g/mol. The zero-order chi connectivity index (χ0) is 23.3. The molecule has 0 unspecified atom stereocenters. The summed E-state index contributed by atoms with van der Waals surface area (Å²) in [5, 5.41) is 0. The predicted octanol–water partition coefficient (Wildman–Crippen LogP) is 7.24. The van der Waals surface area contributed by atoms with Crippen LogP contribution in [0.4, 0.5) is 0 Å². The Morgan fingerprint density at radius 1 is 0.794 bits per heavy atom. The topological polar surface area (TPSA) is 30.9 Å². The number of fused-ring (bicyclic) bond motifs is 5. The first-order valence-electron chi connectivity index (χ1n) is 11.6. The van der Waals surface area contributed by atoms with Crippen molar-refractivity contribution in [1.29, 1.82) is 0 Å². The Morgan fingerprint density at radius 3 is 2.47 bits per heavy atom. The lowest BCUT2D eigenvalue weighted by Crippen LogP contribution is -2.14. The third-order valence-electron chi connectivity index (χ3n) is 5.76. The average Bonchev–Trinajstić information content (AvgIpc) is 3.22. The number of thiophene rings is 1. The molecular weight excluding hydrogens is 442 g/mol. The number of ether oxygens (including phenoxy) is 3. The van der Waals surface area contributed by atoms with E-state index >= 15 is 0 Å². The maximum atomic E-state index is 6.40. The fourth-order valence-electron chi connectivity index (χ4n) is 4.07. The molecule has 34 heavy (non-hydrogen) atoms. The van der Waals surface area contributed by atoms with Gasteiger partial charge in [0, 0.05) is 39.1 Å². The fraction of sp³-hybridized carbons (Fsp3) is 0.241. The van der Waals surface area contributed by atoms with Crippen LogP contribution in [0.1, 0.15) is 16.9 Å². The van der Waals surface area contributed by atoms with Gasteiger partial charge in [-0.1, -0.05) is 48.5 Å². The highest BCUT2D eigenvalue weighted by Gasteiger charge is 2.23. The second kappa shape index (κ2) is 10.4. The Bertz CT molecular complexity index is 1250. The normalized spacial score (nSPS) is 11.9. The molecule has 0 N–H and O–H groups in total. The van der Waals surface area contributed by atoms with Gasteiger partial charge in [0.1, 0.15) is 23.9 Å². The van der Waals surface area contributed by atoms with Crippen LogP contribution in [-0.4, -0.2) is 32.1 Å². The zero-order valence-corrected chi connectivity index (χ0v) is 20.4. The third kappa shape index (κ3) is 5.17. The second-order valence-electron chi connectivity index (χ2n) is 8.70. The Labute approximate surface area is 205 Å². The lowest BCUT2D eigenvalue weighted by molar-refractivity contribution is 0.115. The molecule has 0 aliphatic carbocycles. The van der Waals surface area contributed by atoms with E-state index in [-0.39, 0.29) is 0 Å². The molecule has 0 fully saturated rings. The van der Waals surface area contributed by atoms with Gasteiger partial charge in [0.25, 0.3) is 0 Å². The Morgan fingerprint density at radius 2 is 1.62 bits per heavy atom. The van der Waals surface area contributed by atoms with Crippen LogP contribution in [0.3, 0.4) is 0 Å². The van der Waals surface area contributed by atoms with E-state index in [1.54, 1.807) is 11.3 Å². The summed E-state index contributed by atoms with van der Waals surface area (Å²) in [6.45, 7) is 2.95. The number of rotatable bonds is 9. The van der Waals surface area contributed by atoms with E-state index in [9.17, 15) is 0 Å². The first kappa shape index (κ1) is 22.7. The van der Waals surface area contributed by atoms with Gasteiger partial charge in [-0.05, 0) is 56.9 Å². The molecule has 0 atom stereocenters. The number of nitrogens with zero attached hydrogens (tertiary/aromatic N) is 1. The first-order valence-corrected chi connectivity index (χ1v) is 12.4. The molecule has 4 aromatic rings. The molecule has 3 aromatic carbocycles. The summed E-state index contributed by atoms with van der Waals surface area (Å²) in [4.78, 5) is 4.62. The molecule has 0 spiro atoms. The maximum absolute atomic E-state index is 6.40. The van der Waals surface area contributed by atoms with Crippen LogP contribution < -0.4 is 9.47 Å². The summed E-state index contributed by atoms with van der Waals surface area (Å²) < 4.78 is 18.5. The quantitative estimate of drug-likeness (QED) is 0.212. The highest BCUT2D eigenvalue weighted by atomic mass is 32.1. The molecule has 0 amide bonds. The molecule has 174 valence electrons. The van der Waals surface area contributed by atoms with Gasteiger partial charge in [0.2, 0.25) is 0 Å². The van der Waals surface area contributed by atoms with E-state index < -0.39 is 0 Å². The van der Waals surface area contributed by atoms with E-state index in [2.05, 4.69) is 55.4 Å². The minimum absolute atomic E-state index is 0.524. The van der Waals surface area contributed by atoms with E-state index in [1.165, 1.54) is 15.3 Å². The zero-order valence-electron chi connectivity index (χ0n) is 19.6. The van der Waals surface area contributed by atoms with Crippen molar-refractivity contribution in [3.63, 3.8) is 0 Å². The van der Waals surface area contributed by atoms with Crippen molar-refractivity contribution in [3.8, 4) is 38.8 Å². The van der Waals surface area contributed by atoms with Crippen LogP contribution in [-0.2, 0) is 18.0 Å². The van der Waals surface area contributed by atoms with Gasteiger partial charge in [-0.3, -0.25) is 0 Å². The van der Waals surface area contributed by atoms with Crippen molar-refractivity contribution < 1.29 is 14.2 Å². The van der Waals surface area contributed by atoms with E-state index in [0.717, 1.165) is 53.5 Å². The molecule has 0 bridgehead atoms. The van der Waals surface area contributed by atoms with Crippen LogP contribution >= 0.6 is 11.3 Å². The molecule has 4 nitrogen and oxygen atoms in total. The van der Waals surface area contributed by atoms with Crippen molar-refractivity contribution in [2.24, 2.45) is 0 Å². The minimum atomic E-state index is 0.524. The minimum Gasteiger partial charge on any atom is -0.489 e. The van der Waals surface area contributed by atoms with Gasteiger partial charge in [0.15, 0.2) is 0 Å². The number of hydrogen-bond donors (Lipinski definition) is 0. The van der Waals surface area contributed by atoms with Crippen molar-refractivity contribution in [1.82, 2.24) is 4.90 Å². The molecule has 5 rings (SSSR count). The molecule has 1 aliphatic heterocycles. The van der Waals surface area contributed by atoms with Crippen LogP contribution in [0.5, 0.6) is 17.2 Å². The lowest BCUT2D eigenvalue weighted by Gasteiger charge is -2.12. The third-order valence-corrected chi connectivity index (χ3v) is 6.91. The van der Waals surface area contributed by atoms with E-state index in [0.29, 0.717) is 13.2 Å². The van der Waals surface area contributed by atoms with Crippen molar-refractivity contribution >= 4 is 11.3 Å². The lowest BCUT2D eigenvalue weighted by atomic mass is 10.0. The largest absolute Gasteiger partial charge is 0.489 e. The summed E-state index contributed by atoms with van der Waals surface area (Å²) >= 11 is 1.78. The summed E-state index contributed by atoms with van der Waals surface area (Å²) in [7, 11) is 4.18. The Kier molecular flexibility index (Phi) is 6.95. The highest BCUT2D eigenvalue weighted by Crippen LogP contribution is 2.51. The van der Waals surface area contributed by atoms with Crippen LogP contribution in [0.2, 0.25) is 0 Å². The first-order chi connectivity index (χ1) is 16.7. The predicted molar refractivity (Wildman–Crippen MR) is 139 cm³/mol. The van der Waals surface area contributed by atoms with Crippen molar-refractivity contribution in [2.75, 3.05) is 27.2 Å². The van der Waals surface area contributed by atoms with Gasteiger partial charge in [-0.2, -0.15) is 0 Å². The van der Waals surface area contributed by atoms with Crippen LogP contribution in [0.25, 0.3) is 21.6 Å². The summed E-state index contributed by atoms with van der Waals surface area (Å²) in [5.41, 5.74) is 4.53. The molecule has 5 heteroatoms. The number of hydrogen-bond acceptors (Lipinski definition) is 5. The van der Waals surface area contributed by atoms with Gasteiger partial charge in [-0.25, -0.2) is 0 Å². The monoisotopic (exact) mass is 471 g/mol. The molecule has 0 radical (unpaired) electrons. The standard InChI is InChI=1S/C29H29NO3S/c1-30(2)15-8-16-31-20-23-18-26-24-11-6-7-12-27(24)33-28-17-22(13-14-25(28)29(26)34-23)32-19-21-9-4-3-5-10-21/h3-7,9-14,17-18H,8,15-16,19-20H2,1-2H3. The molecule has 0 saturated carbocycles. The van der Waals surface area contributed by atoms with Gasteiger partial charge in [-0.15, -0.1) is 11.3 Å². The highest BCUT2D eigenvalue weighted by molar-refractivity contribution is 7.16. The smallest absolute Gasteiger partial charge is 0.139 e. The molecule has 0 saturated heterocycles. The Hall–Kier alpha value is -3.12. The summed E-state index contributed by atoms with van der Waals surface area (Å²) in [5.74, 6) is 2.47. The second-order valence-corrected chi connectivity index (χ2v) is 9.83. The number of benzene rings is 3. The molecular formula is C29H29NO3S. The van der Waals surface area contributed by atoms with Crippen LogP contribution in [0.15, 0.2) is 78.9 Å². The Balaban J connectivity index is 1.40.